The van der Waals surface area contributed by atoms with E-state index in [1.165, 1.54) is 29.3 Å². The topological polar surface area (TPSA) is 112 Å². The lowest BCUT2D eigenvalue weighted by atomic mass is 9.97. The van der Waals surface area contributed by atoms with Crippen LogP contribution in [-0.2, 0) is 21.4 Å². The number of carbonyl (C=O) groups is 1. The van der Waals surface area contributed by atoms with E-state index in [-0.39, 0.29) is 41.5 Å². The lowest BCUT2D eigenvalue weighted by molar-refractivity contribution is -0.126. The summed E-state index contributed by atoms with van der Waals surface area (Å²) >= 11 is 0. The molecular formula is C24H28N4O4S. The lowest BCUT2D eigenvalue weighted by Crippen LogP contribution is -2.43. The number of hydrogen-bond acceptors (Lipinski definition) is 6. The van der Waals surface area contributed by atoms with E-state index in [4.69, 9.17) is 4.74 Å². The van der Waals surface area contributed by atoms with Crippen molar-refractivity contribution in [3.05, 3.63) is 53.7 Å². The Morgan fingerprint density at radius 3 is 2.58 bits per heavy atom. The van der Waals surface area contributed by atoms with E-state index in [1.807, 2.05) is 18.2 Å². The molecule has 174 valence electrons. The minimum Gasteiger partial charge on any atom is -0.474 e. The van der Waals surface area contributed by atoms with Gasteiger partial charge in [0.05, 0.1) is 10.5 Å². The van der Waals surface area contributed by atoms with E-state index in [9.17, 15) is 18.5 Å². The molecule has 8 nitrogen and oxygen atoms in total. The molecule has 1 saturated heterocycles. The van der Waals surface area contributed by atoms with E-state index in [0.29, 0.717) is 25.3 Å². The highest BCUT2D eigenvalue weighted by Gasteiger charge is 2.33. The molecule has 1 saturated carbocycles. The molecule has 0 bridgehead atoms. The Balaban J connectivity index is 1.33. The number of pyridine rings is 1. The molecule has 2 fully saturated rings. The molecular weight excluding hydrogens is 440 g/mol. The van der Waals surface area contributed by atoms with E-state index >= 15 is 0 Å². The van der Waals surface area contributed by atoms with Crippen LogP contribution in [0.25, 0.3) is 0 Å². The Labute approximate surface area is 194 Å². The number of amides is 1. The molecule has 33 heavy (non-hydrogen) atoms. The molecule has 0 atom stereocenters. The van der Waals surface area contributed by atoms with Gasteiger partial charge in [-0.25, -0.2) is 13.4 Å². The molecule has 1 amide bonds. The van der Waals surface area contributed by atoms with Crippen molar-refractivity contribution in [2.45, 2.75) is 56.1 Å². The van der Waals surface area contributed by atoms with Crippen LogP contribution in [0.4, 0.5) is 0 Å². The van der Waals surface area contributed by atoms with Gasteiger partial charge in [-0.1, -0.05) is 18.2 Å². The quantitative estimate of drug-likeness (QED) is 0.669. The predicted octanol–water partition coefficient (Wildman–Crippen LogP) is 2.99. The van der Waals surface area contributed by atoms with Crippen molar-refractivity contribution in [2.24, 2.45) is 5.92 Å². The normalized spacial score (nSPS) is 18.0. The van der Waals surface area contributed by atoms with E-state index in [1.54, 1.807) is 18.3 Å². The second-order valence-corrected chi connectivity index (χ2v) is 10.4. The van der Waals surface area contributed by atoms with Gasteiger partial charge in [0.1, 0.15) is 12.2 Å². The fourth-order valence-electron chi connectivity index (χ4n) is 4.44. The fraction of sp³-hybridized carbons (Fsp3) is 0.458. The third kappa shape index (κ3) is 5.34. The summed E-state index contributed by atoms with van der Waals surface area (Å²) < 4.78 is 33.4. The molecule has 1 N–H and O–H groups in total. The lowest BCUT2D eigenvalue weighted by Gasteiger charge is -2.30. The minimum absolute atomic E-state index is 0.0155. The SMILES string of the molecule is N#Cc1ccccc1S(=O)(=O)N1CCC(C(=O)NCc2cccnc2OC2CCCC2)CC1. The van der Waals surface area contributed by atoms with Crippen molar-refractivity contribution in [1.29, 1.82) is 5.26 Å². The Kier molecular flexibility index (Phi) is 7.26. The second-order valence-electron chi connectivity index (χ2n) is 8.50. The van der Waals surface area contributed by atoms with Crippen LogP contribution in [0.2, 0.25) is 0 Å². The molecule has 0 unspecified atom stereocenters. The number of benzene rings is 1. The summed E-state index contributed by atoms with van der Waals surface area (Å²) in [6, 6.07) is 11.9. The molecule has 2 heterocycles. The average Bonchev–Trinajstić information content (AvgIpc) is 3.36. The van der Waals surface area contributed by atoms with E-state index in [0.717, 1.165) is 18.4 Å². The molecule has 1 aliphatic carbocycles. The van der Waals surface area contributed by atoms with Crippen molar-refractivity contribution in [2.75, 3.05) is 13.1 Å². The van der Waals surface area contributed by atoms with Crippen LogP contribution in [0, 0.1) is 17.2 Å². The zero-order valence-corrected chi connectivity index (χ0v) is 19.3. The van der Waals surface area contributed by atoms with Gasteiger partial charge in [-0.15, -0.1) is 0 Å². The van der Waals surface area contributed by atoms with Crippen molar-refractivity contribution in [1.82, 2.24) is 14.6 Å². The maximum atomic E-state index is 13.0. The fourth-order valence-corrected chi connectivity index (χ4v) is 6.05. The van der Waals surface area contributed by atoms with Gasteiger partial charge in [-0.05, 0) is 56.7 Å². The van der Waals surface area contributed by atoms with Crippen LogP contribution in [0.3, 0.4) is 0 Å². The van der Waals surface area contributed by atoms with Crippen molar-refractivity contribution in [3.63, 3.8) is 0 Å². The maximum absolute atomic E-state index is 13.0. The summed E-state index contributed by atoms with van der Waals surface area (Å²) in [5, 5.41) is 12.2. The first-order chi connectivity index (χ1) is 16.0. The molecule has 1 aromatic carbocycles. The first-order valence-electron chi connectivity index (χ1n) is 11.4. The Hall–Kier alpha value is -2.96. The zero-order valence-electron chi connectivity index (χ0n) is 18.4. The number of piperidine rings is 1. The largest absolute Gasteiger partial charge is 0.474 e. The summed E-state index contributed by atoms with van der Waals surface area (Å²) in [5.74, 6) is 0.209. The number of nitrogens with one attached hydrogen (secondary N) is 1. The first-order valence-corrected chi connectivity index (χ1v) is 12.8. The van der Waals surface area contributed by atoms with Gasteiger partial charge in [0.2, 0.25) is 21.8 Å². The van der Waals surface area contributed by atoms with Gasteiger partial charge in [0, 0.05) is 37.3 Å². The van der Waals surface area contributed by atoms with Crippen LogP contribution < -0.4 is 10.1 Å². The zero-order chi connectivity index (χ0) is 23.3. The van der Waals surface area contributed by atoms with Crippen LogP contribution in [-0.4, -0.2) is 42.8 Å². The molecule has 2 aromatic rings. The number of ether oxygens (including phenoxy) is 1. The summed E-state index contributed by atoms with van der Waals surface area (Å²) in [6.07, 6.45) is 7.13. The highest BCUT2D eigenvalue weighted by atomic mass is 32.2. The molecule has 0 spiro atoms. The van der Waals surface area contributed by atoms with Crippen LogP contribution in [0.15, 0.2) is 47.5 Å². The van der Waals surface area contributed by atoms with Gasteiger partial charge >= 0.3 is 0 Å². The van der Waals surface area contributed by atoms with Crippen molar-refractivity contribution in [3.8, 4) is 11.9 Å². The summed E-state index contributed by atoms with van der Waals surface area (Å²) in [4.78, 5) is 17.1. The minimum atomic E-state index is -3.77. The third-order valence-corrected chi connectivity index (χ3v) is 8.29. The maximum Gasteiger partial charge on any atom is 0.244 e. The number of sulfonamides is 1. The highest BCUT2D eigenvalue weighted by Crippen LogP contribution is 2.27. The molecule has 4 rings (SSSR count). The van der Waals surface area contributed by atoms with Crippen molar-refractivity contribution < 1.29 is 17.9 Å². The summed E-state index contributed by atoms with van der Waals surface area (Å²) in [7, 11) is -3.77. The molecule has 1 aromatic heterocycles. The standard InChI is InChI=1S/C24H28N4O4S/c25-16-19-6-1-4-10-22(19)33(30,31)28-14-11-18(12-15-28)23(29)27-17-20-7-5-13-26-24(20)32-21-8-2-3-9-21/h1,4-7,10,13,18,21H,2-3,8-9,11-12,14-15,17H2,(H,27,29). The highest BCUT2D eigenvalue weighted by molar-refractivity contribution is 7.89. The van der Waals surface area contributed by atoms with E-state index < -0.39 is 10.0 Å². The molecule has 1 aliphatic heterocycles. The van der Waals surface area contributed by atoms with Crippen molar-refractivity contribution >= 4 is 15.9 Å². The summed E-state index contributed by atoms with van der Waals surface area (Å²) in [6.45, 7) is 0.801. The number of carbonyl (C=O) groups excluding carboxylic acids is 1. The summed E-state index contributed by atoms with van der Waals surface area (Å²) in [5.41, 5.74) is 0.968. The van der Waals surface area contributed by atoms with Gasteiger partial charge in [0.15, 0.2) is 0 Å². The number of nitriles is 1. The van der Waals surface area contributed by atoms with Gasteiger partial charge in [-0.2, -0.15) is 9.57 Å². The molecule has 0 radical (unpaired) electrons. The van der Waals surface area contributed by atoms with Crippen LogP contribution in [0.5, 0.6) is 5.88 Å². The Morgan fingerprint density at radius 2 is 1.85 bits per heavy atom. The monoisotopic (exact) mass is 468 g/mol. The smallest absolute Gasteiger partial charge is 0.244 e. The predicted molar refractivity (Wildman–Crippen MR) is 122 cm³/mol. The van der Waals surface area contributed by atoms with Gasteiger partial charge < -0.3 is 10.1 Å². The van der Waals surface area contributed by atoms with Crippen LogP contribution in [0.1, 0.15) is 49.7 Å². The van der Waals surface area contributed by atoms with Gasteiger partial charge in [0.25, 0.3) is 0 Å². The molecule has 2 aliphatic rings. The Bertz CT molecular complexity index is 1130. The second kappa shape index (κ2) is 10.3. The van der Waals surface area contributed by atoms with E-state index in [2.05, 4.69) is 10.3 Å². The van der Waals surface area contributed by atoms with Gasteiger partial charge in [-0.3, -0.25) is 4.79 Å². The number of aromatic nitrogens is 1. The van der Waals surface area contributed by atoms with Crippen LogP contribution >= 0.6 is 0 Å². The number of hydrogen-bond donors (Lipinski definition) is 1. The number of nitrogens with zero attached hydrogens (tertiary/aromatic N) is 3. The Morgan fingerprint density at radius 1 is 1.12 bits per heavy atom. The average molecular weight is 469 g/mol. The molecule has 9 heteroatoms. The first kappa shape index (κ1) is 23.2. The number of rotatable bonds is 7. The third-order valence-electron chi connectivity index (χ3n) is 6.33.